The normalized spacial score (nSPS) is 10.7. The molecule has 2 N–H and O–H groups in total. The third-order valence-corrected chi connectivity index (χ3v) is 2.48. The number of rotatable bonds is 4. The van der Waals surface area contributed by atoms with Crippen LogP contribution in [-0.4, -0.2) is 6.21 Å². The predicted octanol–water partition coefficient (Wildman–Crippen LogP) is 2.70. The van der Waals surface area contributed by atoms with E-state index < -0.39 is 0 Å². The summed E-state index contributed by atoms with van der Waals surface area (Å²) >= 11 is 0. The lowest BCUT2D eigenvalue weighted by molar-refractivity contribution is 0.305. The summed E-state index contributed by atoms with van der Waals surface area (Å²) in [7, 11) is 0. The van der Waals surface area contributed by atoms with E-state index in [1.807, 2.05) is 24.3 Å². The summed E-state index contributed by atoms with van der Waals surface area (Å²) in [6, 6.07) is 13.6. The molecule has 0 radical (unpaired) electrons. The maximum absolute atomic E-state index is 12.7. The van der Waals surface area contributed by atoms with E-state index in [-0.39, 0.29) is 5.82 Å². The van der Waals surface area contributed by atoms with Gasteiger partial charge in [-0.2, -0.15) is 5.10 Å². The maximum Gasteiger partial charge on any atom is 0.123 e. The molecular formula is C14H13FN2O. The van der Waals surface area contributed by atoms with Crippen LogP contribution < -0.4 is 10.6 Å². The van der Waals surface area contributed by atoms with Gasteiger partial charge in [0.2, 0.25) is 0 Å². The molecule has 0 aromatic heterocycles. The summed E-state index contributed by atoms with van der Waals surface area (Å²) < 4.78 is 18.3. The first-order chi connectivity index (χ1) is 8.79. The standard InChI is InChI=1S/C14H13FN2O/c15-13-5-7-14(8-6-13)18-10-12-4-2-1-3-11(12)9-17-16/h1-9H,10,16H2. The molecule has 0 amide bonds. The molecule has 0 unspecified atom stereocenters. The van der Waals surface area contributed by atoms with E-state index in [9.17, 15) is 4.39 Å². The number of hydrogen-bond donors (Lipinski definition) is 1. The molecule has 0 saturated heterocycles. The largest absolute Gasteiger partial charge is 0.489 e. The van der Waals surface area contributed by atoms with E-state index in [4.69, 9.17) is 10.6 Å². The van der Waals surface area contributed by atoms with Gasteiger partial charge in [0.25, 0.3) is 0 Å². The van der Waals surface area contributed by atoms with Gasteiger partial charge in [-0.1, -0.05) is 24.3 Å². The lowest BCUT2D eigenvalue weighted by atomic mass is 10.1. The number of hydrogen-bond acceptors (Lipinski definition) is 3. The second kappa shape index (κ2) is 5.82. The van der Waals surface area contributed by atoms with Crippen LogP contribution in [0.4, 0.5) is 4.39 Å². The van der Waals surface area contributed by atoms with E-state index in [1.54, 1.807) is 18.3 Å². The lowest BCUT2D eigenvalue weighted by Gasteiger charge is -2.08. The molecule has 0 heterocycles. The van der Waals surface area contributed by atoms with Crippen molar-refractivity contribution >= 4 is 6.21 Å². The van der Waals surface area contributed by atoms with Gasteiger partial charge < -0.3 is 10.6 Å². The van der Waals surface area contributed by atoms with Crippen molar-refractivity contribution in [3.05, 3.63) is 65.5 Å². The molecule has 0 saturated carbocycles. The highest BCUT2D eigenvalue weighted by atomic mass is 19.1. The number of nitrogens with two attached hydrogens (primary N) is 1. The SMILES string of the molecule is NN=Cc1ccccc1COc1ccc(F)cc1. The fourth-order valence-electron chi connectivity index (χ4n) is 1.56. The zero-order valence-corrected chi connectivity index (χ0v) is 9.71. The third kappa shape index (κ3) is 3.07. The van der Waals surface area contributed by atoms with E-state index >= 15 is 0 Å². The quantitative estimate of drug-likeness (QED) is 0.510. The fourth-order valence-corrected chi connectivity index (χ4v) is 1.56. The van der Waals surface area contributed by atoms with Crippen molar-refractivity contribution in [1.82, 2.24) is 0 Å². The van der Waals surface area contributed by atoms with E-state index in [0.717, 1.165) is 11.1 Å². The second-order valence-electron chi connectivity index (χ2n) is 3.72. The van der Waals surface area contributed by atoms with Gasteiger partial charge in [-0.25, -0.2) is 4.39 Å². The summed E-state index contributed by atoms with van der Waals surface area (Å²) in [5.74, 6) is 5.48. The molecule has 0 spiro atoms. The predicted molar refractivity (Wildman–Crippen MR) is 69.0 cm³/mol. The highest BCUT2D eigenvalue weighted by Gasteiger charge is 2.01. The van der Waals surface area contributed by atoms with Gasteiger partial charge in [-0.05, 0) is 29.8 Å². The summed E-state index contributed by atoms with van der Waals surface area (Å²) in [4.78, 5) is 0. The van der Waals surface area contributed by atoms with Crippen LogP contribution in [-0.2, 0) is 6.61 Å². The minimum atomic E-state index is -0.280. The average molecular weight is 244 g/mol. The van der Waals surface area contributed by atoms with Crippen molar-refractivity contribution in [2.45, 2.75) is 6.61 Å². The molecule has 3 nitrogen and oxygen atoms in total. The molecule has 2 aromatic rings. The van der Waals surface area contributed by atoms with Gasteiger partial charge in [0.05, 0.1) is 6.21 Å². The van der Waals surface area contributed by atoms with Crippen molar-refractivity contribution in [3.63, 3.8) is 0 Å². The Morgan fingerprint density at radius 1 is 1.11 bits per heavy atom. The first kappa shape index (κ1) is 12.1. The Labute approximate surface area is 105 Å². The van der Waals surface area contributed by atoms with Crippen LogP contribution in [0.5, 0.6) is 5.75 Å². The van der Waals surface area contributed by atoms with Crippen LogP contribution in [0.2, 0.25) is 0 Å². The van der Waals surface area contributed by atoms with Crippen molar-refractivity contribution in [2.24, 2.45) is 10.9 Å². The van der Waals surface area contributed by atoms with Crippen LogP contribution in [0.25, 0.3) is 0 Å². The fraction of sp³-hybridized carbons (Fsp3) is 0.0714. The van der Waals surface area contributed by atoms with Crippen molar-refractivity contribution in [3.8, 4) is 5.75 Å². The van der Waals surface area contributed by atoms with Gasteiger partial charge in [-0.15, -0.1) is 0 Å². The summed E-state index contributed by atoms with van der Waals surface area (Å²) in [5.41, 5.74) is 1.87. The molecule has 2 aromatic carbocycles. The molecule has 0 bridgehead atoms. The van der Waals surface area contributed by atoms with E-state index in [2.05, 4.69) is 5.10 Å². The molecule has 0 aliphatic carbocycles. The van der Waals surface area contributed by atoms with E-state index in [1.165, 1.54) is 12.1 Å². The van der Waals surface area contributed by atoms with Gasteiger partial charge in [0.15, 0.2) is 0 Å². The number of ether oxygens (including phenoxy) is 1. The first-order valence-electron chi connectivity index (χ1n) is 5.49. The summed E-state index contributed by atoms with van der Waals surface area (Å²) in [6.07, 6.45) is 1.57. The van der Waals surface area contributed by atoms with Crippen LogP contribution in [0.15, 0.2) is 53.6 Å². The molecule has 0 atom stereocenters. The Morgan fingerprint density at radius 2 is 1.83 bits per heavy atom. The zero-order valence-electron chi connectivity index (χ0n) is 9.71. The topological polar surface area (TPSA) is 47.6 Å². The number of nitrogens with zero attached hydrogens (tertiary/aromatic N) is 1. The Morgan fingerprint density at radius 3 is 2.56 bits per heavy atom. The number of benzene rings is 2. The molecule has 92 valence electrons. The second-order valence-corrected chi connectivity index (χ2v) is 3.72. The molecule has 0 fully saturated rings. The van der Waals surface area contributed by atoms with Crippen LogP contribution >= 0.6 is 0 Å². The summed E-state index contributed by atoms with van der Waals surface area (Å²) in [6.45, 7) is 0.383. The minimum absolute atomic E-state index is 0.280. The monoisotopic (exact) mass is 244 g/mol. The first-order valence-corrected chi connectivity index (χ1v) is 5.49. The van der Waals surface area contributed by atoms with E-state index in [0.29, 0.717) is 12.4 Å². The molecular weight excluding hydrogens is 231 g/mol. The summed E-state index contributed by atoms with van der Waals surface area (Å²) in [5, 5.41) is 3.50. The van der Waals surface area contributed by atoms with Crippen LogP contribution in [0.3, 0.4) is 0 Å². The Bertz CT molecular complexity index is 538. The highest BCUT2D eigenvalue weighted by Crippen LogP contribution is 2.14. The smallest absolute Gasteiger partial charge is 0.123 e. The van der Waals surface area contributed by atoms with Crippen molar-refractivity contribution in [1.29, 1.82) is 0 Å². The molecule has 0 aliphatic rings. The highest BCUT2D eigenvalue weighted by molar-refractivity contribution is 5.81. The Balaban J connectivity index is 2.08. The van der Waals surface area contributed by atoms with Gasteiger partial charge in [0.1, 0.15) is 18.2 Å². The molecule has 4 heteroatoms. The lowest BCUT2D eigenvalue weighted by Crippen LogP contribution is -2.00. The Hall–Kier alpha value is -2.36. The van der Waals surface area contributed by atoms with Gasteiger partial charge >= 0.3 is 0 Å². The average Bonchev–Trinajstić information content (AvgIpc) is 2.40. The maximum atomic E-state index is 12.7. The van der Waals surface area contributed by atoms with Crippen LogP contribution in [0, 0.1) is 5.82 Å². The van der Waals surface area contributed by atoms with Gasteiger partial charge in [0, 0.05) is 5.56 Å². The number of hydrazone groups is 1. The molecule has 18 heavy (non-hydrogen) atoms. The number of halogens is 1. The van der Waals surface area contributed by atoms with Crippen molar-refractivity contribution in [2.75, 3.05) is 0 Å². The van der Waals surface area contributed by atoms with Gasteiger partial charge in [-0.3, -0.25) is 0 Å². The minimum Gasteiger partial charge on any atom is -0.489 e. The third-order valence-electron chi connectivity index (χ3n) is 2.48. The molecule has 0 aliphatic heterocycles. The van der Waals surface area contributed by atoms with Crippen LogP contribution in [0.1, 0.15) is 11.1 Å². The Kier molecular flexibility index (Phi) is 3.91. The molecule has 2 rings (SSSR count). The van der Waals surface area contributed by atoms with Crippen molar-refractivity contribution < 1.29 is 9.13 Å². The zero-order chi connectivity index (χ0) is 12.8.